The molecule has 0 spiro atoms. The summed E-state index contributed by atoms with van der Waals surface area (Å²) in [7, 11) is 0. The van der Waals surface area contributed by atoms with E-state index in [9.17, 15) is 0 Å². The SMILES string of the molecule is Cc1cccc(CCNCC2CCCOC2)c1. The highest BCUT2D eigenvalue weighted by atomic mass is 16.5. The maximum atomic E-state index is 5.47. The number of hydrogen-bond acceptors (Lipinski definition) is 2. The molecule has 17 heavy (non-hydrogen) atoms. The highest BCUT2D eigenvalue weighted by Crippen LogP contribution is 2.12. The Morgan fingerprint density at radius 1 is 1.41 bits per heavy atom. The molecule has 2 nitrogen and oxygen atoms in total. The van der Waals surface area contributed by atoms with Crippen molar-refractivity contribution in [2.24, 2.45) is 5.92 Å². The average molecular weight is 233 g/mol. The first-order chi connectivity index (χ1) is 8.34. The Morgan fingerprint density at radius 2 is 2.35 bits per heavy atom. The van der Waals surface area contributed by atoms with E-state index in [1.54, 1.807) is 0 Å². The normalized spacial score (nSPS) is 20.4. The van der Waals surface area contributed by atoms with Gasteiger partial charge in [0.1, 0.15) is 0 Å². The maximum absolute atomic E-state index is 5.47. The van der Waals surface area contributed by atoms with E-state index in [1.807, 2.05) is 0 Å². The van der Waals surface area contributed by atoms with Gasteiger partial charge in [0.05, 0.1) is 6.61 Å². The lowest BCUT2D eigenvalue weighted by Crippen LogP contribution is -2.30. The van der Waals surface area contributed by atoms with Crippen LogP contribution < -0.4 is 5.32 Å². The molecule has 0 aromatic heterocycles. The minimum atomic E-state index is 0.723. The Balaban J connectivity index is 1.62. The number of ether oxygens (including phenoxy) is 1. The van der Waals surface area contributed by atoms with Crippen molar-refractivity contribution in [3.8, 4) is 0 Å². The molecule has 0 saturated carbocycles. The summed E-state index contributed by atoms with van der Waals surface area (Å²) >= 11 is 0. The van der Waals surface area contributed by atoms with Crippen molar-refractivity contribution in [2.75, 3.05) is 26.3 Å². The summed E-state index contributed by atoms with van der Waals surface area (Å²) in [6.45, 7) is 6.22. The van der Waals surface area contributed by atoms with Crippen LogP contribution in [0, 0.1) is 12.8 Å². The molecular weight excluding hydrogens is 210 g/mol. The average Bonchev–Trinajstić information content (AvgIpc) is 2.36. The predicted molar refractivity (Wildman–Crippen MR) is 71.3 cm³/mol. The molecule has 0 amide bonds. The molecule has 1 atom stereocenters. The molecule has 1 saturated heterocycles. The molecule has 1 unspecified atom stereocenters. The van der Waals surface area contributed by atoms with Gasteiger partial charge >= 0.3 is 0 Å². The molecule has 1 heterocycles. The maximum Gasteiger partial charge on any atom is 0.0506 e. The molecule has 1 aliphatic rings. The van der Waals surface area contributed by atoms with Crippen molar-refractivity contribution < 1.29 is 4.74 Å². The summed E-state index contributed by atoms with van der Waals surface area (Å²) in [4.78, 5) is 0. The minimum absolute atomic E-state index is 0.723. The Kier molecular flexibility index (Phi) is 5.02. The predicted octanol–water partition coefficient (Wildman–Crippen LogP) is 2.55. The lowest BCUT2D eigenvalue weighted by atomic mass is 10.0. The molecule has 2 heteroatoms. The standard InChI is InChI=1S/C15H23NO/c1-13-4-2-5-14(10-13)7-8-16-11-15-6-3-9-17-12-15/h2,4-5,10,15-16H,3,6-9,11-12H2,1H3. The zero-order valence-electron chi connectivity index (χ0n) is 10.7. The first kappa shape index (κ1) is 12.6. The van der Waals surface area contributed by atoms with Gasteiger partial charge in [-0.15, -0.1) is 0 Å². The van der Waals surface area contributed by atoms with Gasteiger partial charge in [0.15, 0.2) is 0 Å². The summed E-state index contributed by atoms with van der Waals surface area (Å²) in [5.74, 6) is 0.723. The lowest BCUT2D eigenvalue weighted by Gasteiger charge is -2.22. The van der Waals surface area contributed by atoms with Crippen molar-refractivity contribution in [3.63, 3.8) is 0 Å². The second-order valence-corrected chi connectivity index (χ2v) is 5.03. The monoisotopic (exact) mass is 233 g/mol. The van der Waals surface area contributed by atoms with Gasteiger partial charge in [-0.25, -0.2) is 0 Å². The number of hydrogen-bond donors (Lipinski definition) is 1. The van der Waals surface area contributed by atoms with Crippen molar-refractivity contribution in [2.45, 2.75) is 26.2 Å². The van der Waals surface area contributed by atoms with Crippen LogP contribution in [0.4, 0.5) is 0 Å². The van der Waals surface area contributed by atoms with Crippen molar-refractivity contribution >= 4 is 0 Å². The van der Waals surface area contributed by atoms with Gasteiger partial charge in [-0.1, -0.05) is 29.8 Å². The van der Waals surface area contributed by atoms with Gasteiger partial charge in [0.2, 0.25) is 0 Å². The van der Waals surface area contributed by atoms with Crippen LogP contribution in [0.25, 0.3) is 0 Å². The van der Waals surface area contributed by atoms with Gasteiger partial charge in [0.25, 0.3) is 0 Å². The fourth-order valence-corrected chi connectivity index (χ4v) is 2.37. The minimum Gasteiger partial charge on any atom is -0.381 e. The Bertz CT molecular complexity index is 331. The highest BCUT2D eigenvalue weighted by Gasteiger charge is 2.12. The molecule has 1 aliphatic heterocycles. The lowest BCUT2D eigenvalue weighted by molar-refractivity contribution is 0.0550. The fraction of sp³-hybridized carbons (Fsp3) is 0.600. The summed E-state index contributed by atoms with van der Waals surface area (Å²) in [5, 5.41) is 3.54. The van der Waals surface area contributed by atoms with Gasteiger partial charge in [-0.05, 0) is 44.2 Å². The van der Waals surface area contributed by atoms with Crippen LogP contribution in [-0.2, 0) is 11.2 Å². The second-order valence-electron chi connectivity index (χ2n) is 5.03. The first-order valence-electron chi connectivity index (χ1n) is 6.68. The first-order valence-corrected chi connectivity index (χ1v) is 6.68. The van der Waals surface area contributed by atoms with E-state index < -0.39 is 0 Å². The number of benzene rings is 1. The van der Waals surface area contributed by atoms with Crippen LogP contribution in [0.3, 0.4) is 0 Å². The molecule has 94 valence electrons. The van der Waals surface area contributed by atoms with Crippen LogP contribution in [0.1, 0.15) is 24.0 Å². The Labute approximate surface area is 104 Å². The molecular formula is C15H23NO. The van der Waals surface area contributed by atoms with E-state index in [4.69, 9.17) is 4.74 Å². The van der Waals surface area contributed by atoms with E-state index in [-0.39, 0.29) is 0 Å². The van der Waals surface area contributed by atoms with E-state index in [0.717, 1.165) is 38.6 Å². The van der Waals surface area contributed by atoms with E-state index in [2.05, 4.69) is 36.5 Å². The van der Waals surface area contributed by atoms with Gasteiger partial charge in [-0.2, -0.15) is 0 Å². The smallest absolute Gasteiger partial charge is 0.0506 e. The summed E-state index contributed by atoms with van der Waals surface area (Å²) in [6.07, 6.45) is 3.66. The quantitative estimate of drug-likeness (QED) is 0.789. The van der Waals surface area contributed by atoms with Gasteiger partial charge < -0.3 is 10.1 Å². The second kappa shape index (κ2) is 6.77. The molecule has 1 aromatic rings. The molecule has 0 radical (unpaired) electrons. The van der Waals surface area contributed by atoms with Gasteiger partial charge in [-0.3, -0.25) is 0 Å². The van der Waals surface area contributed by atoms with Crippen LogP contribution in [0.5, 0.6) is 0 Å². The summed E-state index contributed by atoms with van der Waals surface area (Å²) < 4.78 is 5.47. The topological polar surface area (TPSA) is 21.3 Å². The van der Waals surface area contributed by atoms with Crippen LogP contribution >= 0.6 is 0 Å². The fourth-order valence-electron chi connectivity index (χ4n) is 2.37. The summed E-state index contributed by atoms with van der Waals surface area (Å²) in [6, 6.07) is 8.76. The Morgan fingerprint density at radius 3 is 3.12 bits per heavy atom. The van der Waals surface area contributed by atoms with Crippen molar-refractivity contribution in [1.29, 1.82) is 0 Å². The summed E-state index contributed by atoms with van der Waals surface area (Å²) in [5.41, 5.74) is 2.78. The molecule has 0 bridgehead atoms. The van der Waals surface area contributed by atoms with E-state index >= 15 is 0 Å². The third-order valence-corrected chi connectivity index (χ3v) is 3.36. The van der Waals surface area contributed by atoms with Gasteiger partial charge in [0, 0.05) is 13.2 Å². The zero-order valence-corrected chi connectivity index (χ0v) is 10.7. The molecule has 0 aliphatic carbocycles. The molecule has 1 fully saturated rings. The largest absolute Gasteiger partial charge is 0.381 e. The molecule has 2 rings (SSSR count). The van der Waals surface area contributed by atoms with E-state index in [0.29, 0.717) is 0 Å². The third-order valence-electron chi connectivity index (χ3n) is 3.36. The van der Waals surface area contributed by atoms with Crippen LogP contribution in [0.2, 0.25) is 0 Å². The number of aryl methyl sites for hydroxylation is 1. The zero-order chi connectivity index (χ0) is 11.9. The Hall–Kier alpha value is -0.860. The van der Waals surface area contributed by atoms with E-state index in [1.165, 1.54) is 24.0 Å². The third kappa shape index (κ3) is 4.49. The van der Waals surface area contributed by atoms with Crippen LogP contribution in [0.15, 0.2) is 24.3 Å². The number of rotatable bonds is 5. The molecule has 1 aromatic carbocycles. The van der Waals surface area contributed by atoms with Crippen molar-refractivity contribution in [1.82, 2.24) is 5.32 Å². The number of nitrogens with one attached hydrogen (secondary N) is 1. The van der Waals surface area contributed by atoms with Crippen molar-refractivity contribution in [3.05, 3.63) is 35.4 Å². The van der Waals surface area contributed by atoms with Crippen LogP contribution in [-0.4, -0.2) is 26.3 Å². The molecule has 1 N–H and O–H groups in total. The highest BCUT2D eigenvalue weighted by molar-refractivity contribution is 5.22.